The molecule has 0 aliphatic carbocycles. The fourth-order valence-corrected chi connectivity index (χ4v) is 2.51. The van der Waals surface area contributed by atoms with Crippen LogP contribution in [0.2, 0.25) is 0 Å². The molecule has 0 unspecified atom stereocenters. The molecule has 1 aromatic heterocycles. The average molecular weight is 291 g/mol. The second kappa shape index (κ2) is 6.43. The van der Waals surface area contributed by atoms with Crippen LogP contribution in [0.1, 0.15) is 38.1 Å². The summed E-state index contributed by atoms with van der Waals surface area (Å²) in [6.45, 7) is 12.9. The Morgan fingerprint density at radius 3 is 2.38 bits per heavy atom. The molecule has 2 rings (SSSR count). The Morgan fingerprint density at radius 2 is 1.90 bits per heavy atom. The van der Waals surface area contributed by atoms with Crippen molar-refractivity contribution in [1.82, 2.24) is 9.88 Å². The predicted octanol–water partition coefficient (Wildman–Crippen LogP) is 2.18. The van der Waals surface area contributed by atoms with Crippen molar-refractivity contribution in [3.05, 3.63) is 23.9 Å². The molecule has 0 atom stereocenters. The lowest BCUT2D eigenvalue weighted by Crippen LogP contribution is -2.53. The zero-order valence-electron chi connectivity index (χ0n) is 13.4. The summed E-state index contributed by atoms with van der Waals surface area (Å²) in [5.41, 5.74) is 0.724. The van der Waals surface area contributed by atoms with Crippen molar-refractivity contribution in [2.45, 2.75) is 33.2 Å². The van der Waals surface area contributed by atoms with Crippen LogP contribution in [0.4, 0.5) is 5.82 Å². The van der Waals surface area contributed by atoms with Crippen molar-refractivity contribution >= 4 is 11.8 Å². The van der Waals surface area contributed by atoms with Crippen LogP contribution < -0.4 is 4.90 Å². The van der Waals surface area contributed by atoms with Crippen LogP contribution in [-0.4, -0.2) is 54.2 Å². The molecule has 1 aliphatic heterocycles. The Labute approximate surface area is 126 Å². The molecule has 1 saturated heterocycles. The minimum absolute atomic E-state index is 0.216. The van der Waals surface area contributed by atoms with Gasteiger partial charge < -0.3 is 9.64 Å². The first-order valence-corrected chi connectivity index (χ1v) is 7.55. The molecule has 0 saturated carbocycles. The molecular formula is C16H25N3O2. The van der Waals surface area contributed by atoms with E-state index in [9.17, 15) is 4.79 Å². The van der Waals surface area contributed by atoms with Gasteiger partial charge in [-0.1, -0.05) is 0 Å². The molecule has 21 heavy (non-hydrogen) atoms. The standard InChI is InChI=1S/C16H25N3O2/c1-5-21-15(20)13-6-7-14(17-12-13)18-8-10-19(11-9-18)16(2,3)4/h6-7,12H,5,8-11H2,1-4H3. The van der Waals surface area contributed by atoms with E-state index in [1.54, 1.807) is 19.2 Å². The lowest BCUT2D eigenvalue weighted by molar-refractivity contribution is 0.0526. The number of piperazine rings is 1. The van der Waals surface area contributed by atoms with Gasteiger partial charge in [0.15, 0.2) is 0 Å². The predicted molar refractivity (Wildman–Crippen MR) is 83.7 cm³/mol. The van der Waals surface area contributed by atoms with Gasteiger partial charge in [-0.05, 0) is 39.8 Å². The molecule has 0 radical (unpaired) electrons. The lowest BCUT2D eigenvalue weighted by Gasteiger charge is -2.42. The van der Waals surface area contributed by atoms with E-state index in [1.165, 1.54) is 0 Å². The number of anilines is 1. The van der Waals surface area contributed by atoms with E-state index < -0.39 is 0 Å². The summed E-state index contributed by atoms with van der Waals surface area (Å²) in [5, 5.41) is 0. The molecule has 0 bridgehead atoms. The van der Waals surface area contributed by atoms with Gasteiger partial charge in [0.05, 0.1) is 12.2 Å². The third-order valence-corrected chi connectivity index (χ3v) is 3.81. The van der Waals surface area contributed by atoms with Gasteiger partial charge in [-0.25, -0.2) is 9.78 Å². The maximum absolute atomic E-state index is 11.6. The highest BCUT2D eigenvalue weighted by Crippen LogP contribution is 2.19. The van der Waals surface area contributed by atoms with Gasteiger partial charge in [0.1, 0.15) is 5.82 Å². The van der Waals surface area contributed by atoms with Crippen molar-refractivity contribution in [3.8, 4) is 0 Å². The van der Waals surface area contributed by atoms with E-state index in [1.807, 2.05) is 6.07 Å². The molecule has 0 aromatic carbocycles. The second-order valence-corrected chi connectivity index (χ2v) is 6.27. The zero-order valence-corrected chi connectivity index (χ0v) is 13.4. The van der Waals surface area contributed by atoms with Crippen LogP contribution in [0.15, 0.2) is 18.3 Å². The fourth-order valence-electron chi connectivity index (χ4n) is 2.51. The number of hydrogen-bond acceptors (Lipinski definition) is 5. The minimum Gasteiger partial charge on any atom is -0.462 e. The molecular weight excluding hydrogens is 266 g/mol. The third-order valence-electron chi connectivity index (χ3n) is 3.81. The van der Waals surface area contributed by atoms with Crippen LogP contribution in [0, 0.1) is 0 Å². The number of nitrogens with zero attached hydrogens (tertiary/aromatic N) is 3. The molecule has 1 aliphatic rings. The van der Waals surface area contributed by atoms with Gasteiger partial charge in [0.25, 0.3) is 0 Å². The Balaban J connectivity index is 1.96. The van der Waals surface area contributed by atoms with Gasteiger partial charge >= 0.3 is 5.97 Å². The van der Waals surface area contributed by atoms with E-state index in [-0.39, 0.29) is 11.5 Å². The van der Waals surface area contributed by atoms with Gasteiger partial charge in [-0.2, -0.15) is 0 Å². The number of rotatable bonds is 3. The normalized spacial score (nSPS) is 16.9. The summed E-state index contributed by atoms with van der Waals surface area (Å²) in [6.07, 6.45) is 1.60. The summed E-state index contributed by atoms with van der Waals surface area (Å²) in [5.74, 6) is 0.616. The maximum Gasteiger partial charge on any atom is 0.339 e. The van der Waals surface area contributed by atoms with Crippen LogP contribution in [0.25, 0.3) is 0 Å². The van der Waals surface area contributed by atoms with Crippen LogP contribution >= 0.6 is 0 Å². The van der Waals surface area contributed by atoms with E-state index in [4.69, 9.17) is 4.74 Å². The molecule has 0 N–H and O–H groups in total. The number of carbonyl (C=O) groups excluding carboxylic acids is 1. The number of ether oxygens (including phenoxy) is 1. The first-order valence-electron chi connectivity index (χ1n) is 7.55. The number of hydrogen-bond donors (Lipinski definition) is 0. The summed E-state index contributed by atoms with van der Waals surface area (Å²) in [6, 6.07) is 3.69. The lowest BCUT2D eigenvalue weighted by atomic mass is 10.1. The van der Waals surface area contributed by atoms with Crippen molar-refractivity contribution in [2.75, 3.05) is 37.7 Å². The van der Waals surface area contributed by atoms with E-state index in [2.05, 4.69) is 35.6 Å². The molecule has 5 nitrogen and oxygen atoms in total. The van der Waals surface area contributed by atoms with Crippen molar-refractivity contribution in [2.24, 2.45) is 0 Å². The Hall–Kier alpha value is -1.62. The molecule has 2 heterocycles. The first-order chi connectivity index (χ1) is 9.91. The maximum atomic E-state index is 11.6. The Bertz CT molecular complexity index is 471. The van der Waals surface area contributed by atoms with Crippen molar-refractivity contribution in [3.63, 3.8) is 0 Å². The zero-order chi connectivity index (χ0) is 15.5. The highest BCUT2D eigenvalue weighted by atomic mass is 16.5. The largest absolute Gasteiger partial charge is 0.462 e. The number of carbonyl (C=O) groups is 1. The summed E-state index contributed by atoms with van der Waals surface area (Å²) in [7, 11) is 0. The van der Waals surface area contributed by atoms with E-state index >= 15 is 0 Å². The number of aromatic nitrogens is 1. The fraction of sp³-hybridized carbons (Fsp3) is 0.625. The van der Waals surface area contributed by atoms with Crippen molar-refractivity contribution < 1.29 is 9.53 Å². The highest BCUT2D eigenvalue weighted by molar-refractivity contribution is 5.89. The molecule has 0 spiro atoms. The summed E-state index contributed by atoms with van der Waals surface area (Å²) < 4.78 is 4.97. The topological polar surface area (TPSA) is 45.7 Å². The summed E-state index contributed by atoms with van der Waals surface area (Å²) >= 11 is 0. The minimum atomic E-state index is -0.311. The Morgan fingerprint density at radius 1 is 1.24 bits per heavy atom. The average Bonchev–Trinajstić information content (AvgIpc) is 2.47. The van der Waals surface area contributed by atoms with Crippen LogP contribution in [0.3, 0.4) is 0 Å². The number of pyridine rings is 1. The summed E-state index contributed by atoms with van der Waals surface area (Å²) in [4.78, 5) is 20.7. The molecule has 0 amide bonds. The van der Waals surface area contributed by atoms with Crippen molar-refractivity contribution in [1.29, 1.82) is 0 Å². The monoisotopic (exact) mass is 291 g/mol. The third kappa shape index (κ3) is 3.94. The molecule has 1 fully saturated rings. The smallest absolute Gasteiger partial charge is 0.339 e. The van der Waals surface area contributed by atoms with Gasteiger partial charge in [0.2, 0.25) is 0 Å². The molecule has 116 valence electrons. The van der Waals surface area contributed by atoms with E-state index in [0.29, 0.717) is 12.2 Å². The van der Waals surface area contributed by atoms with Gasteiger partial charge in [-0.15, -0.1) is 0 Å². The van der Waals surface area contributed by atoms with E-state index in [0.717, 1.165) is 32.0 Å². The van der Waals surface area contributed by atoms with Gasteiger partial charge in [0, 0.05) is 37.9 Å². The second-order valence-electron chi connectivity index (χ2n) is 6.27. The Kier molecular flexibility index (Phi) is 4.83. The van der Waals surface area contributed by atoms with Crippen LogP contribution in [0.5, 0.6) is 0 Å². The highest BCUT2D eigenvalue weighted by Gasteiger charge is 2.26. The molecule has 5 heteroatoms. The SMILES string of the molecule is CCOC(=O)c1ccc(N2CCN(C(C)(C)C)CC2)nc1. The molecule has 1 aromatic rings. The first kappa shape index (κ1) is 15.8. The van der Waals surface area contributed by atoms with Crippen LogP contribution in [-0.2, 0) is 4.74 Å². The quantitative estimate of drug-likeness (QED) is 0.799. The van der Waals surface area contributed by atoms with Gasteiger partial charge in [-0.3, -0.25) is 4.90 Å². The number of esters is 1.